The molecule has 0 saturated heterocycles. The van der Waals surface area contributed by atoms with Crippen LogP contribution in [0.2, 0.25) is 0 Å². The quantitative estimate of drug-likeness (QED) is 0.790. The first-order chi connectivity index (χ1) is 7.27. The van der Waals surface area contributed by atoms with Crippen LogP contribution in [-0.4, -0.2) is 9.67 Å². The van der Waals surface area contributed by atoms with Crippen molar-refractivity contribution in [1.82, 2.24) is 4.57 Å². The Labute approximate surface area is 89.1 Å². The first-order valence-corrected chi connectivity index (χ1v) is 4.85. The number of hydrogen-bond acceptors (Lipinski definition) is 1. The smallest absolute Gasteiger partial charge is 0.122 e. The van der Waals surface area contributed by atoms with Gasteiger partial charge in [0.15, 0.2) is 0 Å². The minimum Gasteiger partial charge on any atom is -0.507 e. The van der Waals surface area contributed by atoms with Gasteiger partial charge in [-0.15, -0.1) is 0 Å². The third kappa shape index (κ3) is 2.10. The number of aryl methyl sites for hydroxylation is 1. The summed E-state index contributed by atoms with van der Waals surface area (Å²) in [6.45, 7) is 0. The van der Waals surface area contributed by atoms with E-state index in [-0.39, 0.29) is 0 Å². The van der Waals surface area contributed by atoms with E-state index in [0.717, 1.165) is 11.3 Å². The van der Waals surface area contributed by atoms with E-state index in [9.17, 15) is 5.11 Å². The van der Waals surface area contributed by atoms with Crippen molar-refractivity contribution in [3.05, 3.63) is 53.9 Å². The van der Waals surface area contributed by atoms with Crippen molar-refractivity contribution in [2.45, 2.75) is 0 Å². The van der Waals surface area contributed by atoms with Crippen molar-refractivity contribution in [2.24, 2.45) is 7.05 Å². The number of para-hydroxylation sites is 1. The topological polar surface area (TPSA) is 25.2 Å². The van der Waals surface area contributed by atoms with E-state index in [2.05, 4.69) is 0 Å². The molecule has 15 heavy (non-hydrogen) atoms. The van der Waals surface area contributed by atoms with E-state index >= 15 is 0 Å². The van der Waals surface area contributed by atoms with Crippen molar-refractivity contribution in [3.63, 3.8) is 0 Å². The second kappa shape index (κ2) is 4.05. The minimum absolute atomic E-state index is 0.308. The summed E-state index contributed by atoms with van der Waals surface area (Å²) in [5, 5.41) is 9.55. The van der Waals surface area contributed by atoms with Gasteiger partial charge in [-0.2, -0.15) is 0 Å². The van der Waals surface area contributed by atoms with E-state index in [1.807, 2.05) is 60.3 Å². The molecule has 2 heteroatoms. The van der Waals surface area contributed by atoms with Gasteiger partial charge in [-0.05, 0) is 30.4 Å². The number of nitrogens with zero attached hydrogens (tertiary/aromatic N) is 1. The number of benzene rings is 1. The average molecular weight is 199 g/mol. The van der Waals surface area contributed by atoms with E-state index in [1.54, 1.807) is 6.07 Å². The van der Waals surface area contributed by atoms with Gasteiger partial charge in [0.2, 0.25) is 0 Å². The highest BCUT2D eigenvalue weighted by Crippen LogP contribution is 2.18. The lowest BCUT2D eigenvalue weighted by Crippen LogP contribution is -1.86. The van der Waals surface area contributed by atoms with Gasteiger partial charge < -0.3 is 9.67 Å². The Morgan fingerprint density at radius 3 is 2.53 bits per heavy atom. The van der Waals surface area contributed by atoms with Crippen molar-refractivity contribution in [3.8, 4) is 5.75 Å². The third-order valence-corrected chi connectivity index (χ3v) is 2.35. The maximum atomic E-state index is 9.55. The lowest BCUT2D eigenvalue weighted by molar-refractivity contribution is 0.474. The predicted molar refractivity (Wildman–Crippen MR) is 62.4 cm³/mol. The van der Waals surface area contributed by atoms with Crippen molar-refractivity contribution in [1.29, 1.82) is 0 Å². The summed E-state index contributed by atoms with van der Waals surface area (Å²) in [5.74, 6) is 0.308. The van der Waals surface area contributed by atoms with Crippen LogP contribution < -0.4 is 0 Å². The largest absolute Gasteiger partial charge is 0.507 e. The molecule has 0 bridgehead atoms. The summed E-state index contributed by atoms with van der Waals surface area (Å²) in [6, 6.07) is 11.3. The lowest BCUT2D eigenvalue weighted by Gasteiger charge is -1.98. The molecule has 2 aromatic rings. The van der Waals surface area contributed by atoms with Crippen LogP contribution in [0.3, 0.4) is 0 Å². The Balaban J connectivity index is 2.26. The molecule has 0 saturated carbocycles. The standard InChI is InChI=1S/C13H13NO/c1-14-10-4-6-12(14)9-8-11-5-2-3-7-13(11)15/h2-10,15H,1H3/b9-8+. The number of hydrogen-bond donors (Lipinski definition) is 1. The highest BCUT2D eigenvalue weighted by molar-refractivity contribution is 5.71. The summed E-state index contributed by atoms with van der Waals surface area (Å²) in [6.07, 6.45) is 5.88. The zero-order valence-electron chi connectivity index (χ0n) is 8.59. The molecule has 0 fully saturated rings. The first-order valence-electron chi connectivity index (χ1n) is 4.85. The molecule has 0 spiro atoms. The van der Waals surface area contributed by atoms with Crippen LogP contribution in [0.25, 0.3) is 12.2 Å². The Bertz CT molecular complexity index is 483. The first kappa shape index (κ1) is 9.59. The van der Waals surface area contributed by atoms with E-state index in [4.69, 9.17) is 0 Å². The Hall–Kier alpha value is -1.96. The van der Waals surface area contributed by atoms with Crippen LogP contribution in [0.5, 0.6) is 5.75 Å². The average Bonchev–Trinajstić information content (AvgIpc) is 2.63. The number of phenols is 1. The van der Waals surface area contributed by atoms with Crippen molar-refractivity contribution >= 4 is 12.2 Å². The van der Waals surface area contributed by atoms with Crippen LogP contribution >= 0.6 is 0 Å². The fourth-order valence-electron chi connectivity index (χ4n) is 1.45. The van der Waals surface area contributed by atoms with Gasteiger partial charge >= 0.3 is 0 Å². The van der Waals surface area contributed by atoms with Crippen molar-refractivity contribution in [2.75, 3.05) is 0 Å². The molecule has 1 aromatic carbocycles. The molecule has 0 aliphatic rings. The summed E-state index contributed by atoms with van der Waals surface area (Å²) in [4.78, 5) is 0. The molecule has 1 aromatic heterocycles. The van der Waals surface area contributed by atoms with Gasteiger partial charge in [0.25, 0.3) is 0 Å². The molecule has 0 amide bonds. The summed E-state index contributed by atoms with van der Waals surface area (Å²) in [5.41, 5.74) is 1.94. The second-order valence-electron chi connectivity index (χ2n) is 3.44. The molecule has 1 N–H and O–H groups in total. The maximum absolute atomic E-state index is 9.55. The molecular formula is C13H13NO. The van der Waals surface area contributed by atoms with Crippen LogP contribution in [0.15, 0.2) is 42.6 Å². The Morgan fingerprint density at radius 1 is 1.07 bits per heavy atom. The summed E-state index contributed by atoms with van der Waals surface area (Å²) in [7, 11) is 1.99. The van der Waals surface area contributed by atoms with Crippen LogP contribution in [0.4, 0.5) is 0 Å². The molecular weight excluding hydrogens is 186 g/mol. The molecule has 0 radical (unpaired) electrons. The van der Waals surface area contributed by atoms with Gasteiger partial charge in [-0.1, -0.05) is 18.2 Å². The summed E-state index contributed by atoms with van der Waals surface area (Å²) >= 11 is 0. The maximum Gasteiger partial charge on any atom is 0.122 e. The molecule has 0 aliphatic heterocycles. The normalized spacial score (nSPS) is 11.0. The number of phenolic OH excluding ortho intramolecular Hbond substituents is 1. The van der Waals surface area contributed by atoms with E-state index < -0.39 is 0 Å². The number of rotatable bonds is 2. The van der Waals surface area contributed by atoms with Crippen LogP contribution in [-0.2, 0) is 7.05 Å². The highest BCUT2D eigenvalue weighted by Gasteiger charge is 1.95. The zero-order chi connectivity index (χ0) is 10.7. The molecule has 0 unspecified atom stereocenters. The minimum atomic E-state index is 0.308. The molecule has 76 valence electrons. The monoisotopic (exact) mass is 199 g/mol. The Morgan fingerprint density at radius 2 is 1.87 bits per heavy atom. The van der Waals surface area contributed by atoms with Crippen LogP contribution in [0.1, 0.15) is 11.3 Å². The van der Waals surface area contributed by atoms with Gasteiger partial charge in [-0.3, -0.25) is 0 Å². The van der Waals surface area contributed by atoms with Crippen LogP contribution in [0, 0.1) is 0 Å². The molecule has 0 aliphatic carbocycles. The third-order valence-electron chi connectivity index (χ3n) is 2.35. The second-order valence-corrected chi connectivity index (χ2v) is 3.44. The molecule has 0 atom stereocenters. The fourth-order valence-corrected chi connectivity index (χ4v) is 1.45. The molecule has 1 heterocycles. The van der Waals surface area contributed by atoms with Gasteiger partial charge in [0, 0.05) is 24.5 Å². The zero-order valence-corrected chi connectivity index (χ0v) is 8.59. The van der Waals surface area contributed by atoms with Crippen molar-refractivity contribution < 1.29 is 5.11 Å². The van der Waals surface area contributed by atoms with E-state index in [1.165, 1.54) is 0 Å². The highest BCUT2D eigenvalue weighted by atomic mass is 16.3. The fraction of sp³-hybridized carbons (Fsp3) is 0.0769. The SMILES string of the molecule is Cn1cccc1/C=C/c1ccccc1O. The molecule has 2 nitrogen and oxygen atoms in total. The Kier molecular flexibility index (Phi) is 2.59. The van der Waals surface area contributed by atoms with Gasteiger partial charge in [0.1, 0.15) is 5.75 Å². The number of aromatic hydroxyl groups is 1. The number of aromatic nitrogens is 1. The molecule has 2 rings (SSSR count). The predicted octanol–water partition coefficient (Wildman–Crippen LogP) is 2.90. The summed E-state index contributed by atoms with van der Waals surface area (Å²) < 4.78 is 2.02. The lowest BCUT2D eigenvalue weighted by atomic mass is 10.2. The van der Waals surface area contributed by atoms with Gasteiger partial charge in [0.05, 0.1) is 0 Å². The van der Waals surface area contributed by atoms with Gasteiger partial charge in [-0.25, -0.2) is 0 Å². The van der Waals surface area contributed by atoms with E-state index in [0.29, 0.717) is 5.75 Å².